The summed E-state index contributed by atoms with van der Waals surface area (Å²) in [6.07, 6.45) is 3.83. The number of aromatic nitrogens is 2. The summed E-state index contributed by atoms with van der Waals surface area (Å²) < 4.78 is 57.4. The minimum absolute atomic E-state index is 0.0440. The van der Waals surface area contributed by atoms with Gasteiger partial charge in [0.2, 0.25) is 0 Å². The molecular formula is C33H42N6O7S. The van der Waals surface area contributed by atoms with Crippen molar-refractivity contribution in [2.24, 2.45) is 0 Å². The van der Waals surface area contributed by atoms with Crippen LogP contribution in [0.4, 0.5) is 0 Å². The van der Waals surface area contributed by atoms with E-state index in [2.05, 4.69) is 20.7 Å². The smallest absolute Gasteiger partial charge is 0.279 e. The predicted octanol–water partition coefficient (Wildman–Crippen LogP) is 2.65. The molecule has 0 saturated carbocycles. The van der Waals surface area contributed by atoms with Crippen LogP contribution in [-0.2, 0) is 26.1 Å². The van der Waals surface area contributed by atoms with Crippen molar-refractivity contribution in [1.29, 1.82) is 5.26 Å². The first-order valence-corrected chi connectivity index (χ1v) is 17.2. The van der Waals surface area contributed by atoms with Gasteiger partial charge in [0.1, 0.15) is 30.4 Å². The van der Waals surface area contributed by atoms with Crippen molar-refractivity contribution in [3.05, 3.63) is 65.6 Å². The molecule has 0 unspecified atom stereocenters. The molecule has 2 aliphatic heterocycles. The molecule has 14 heteroatoms. The Morgan fingerprint density at radius 1 is 1.00 bits per heavy atom. The molecule has 0 aliphatic carbocycles. The van der Waals surface area contributed by atoms with Crippen LogP contribution in [0.3, 0.4) is 0 Å². The van der Waals surface area contributed by atoms with E-state index >= 15 is 0 Å². The Kier molecular flexibility index (Phi) is 12.3. The summed E-state index contributed by atoms with van der Waals surface area (Å²) in [5, 5.41) is 9.78. The van der Waals surface area contributed by atoms with E-state index in [0.717, 1.165) is 24.0 Å². The summed E-state index contributed by atoms with van der Waals surface area (Å²) in [6.45, 7) is 4.70. The highest BCUT2D eigenvalue weighted by molar-refractivity contribution is 7.87. The first kappa shape index (κ1) is 34.5. The number of benzene rings is 2. The standard InChI is InChI=1S/C33H42N6O7S/c1-38-12-14-39(15-13-38)47(40,41)36-11-18-44-19-20-45-31-5-3-25(21-32(31)42-2)22-33-35-10-7-29(37-33)26-4-6-30(27(23-26)24-34)46-28-8-16-43-17-9-28/h3-7,10,21,23,28,36H,8-9,11-20,22H2,1-2H3. The summed E-state index contributed by atoms with van der Waals surface area (Å²) in [5.41, 5.74) is 2.92. The highest BCUT2D eigenvalue weighted by atomic mass is 32.2. The van der Waals surface area contributed by atoms with Crippen molar-refractivity contribution in [2.45, 2.75) is 25.4 Å². The molecule has 0 amide bonds. The monoisotopic (exact) mass is 666 g/mol. The van der Waals surface area contributed by atoms with E-state index in [0.29, 0.717) is 80.1 Å². The van der Waals surface area contributed by atoms with E-state index in [1.807, 2.05) is 43.4 Å². The van der Waals surface area contributed by atoms with Crippen LogP contribution >= 0.6 is 0 Å². The van der Waals surface area contributed by atoms with Gasteiger partial charge in [-0.15, -0.1) is 0 Å². The first-order chi connectivity index (χ1) is 22.8. The second-order valence-electron chi connectivity index (χ2n) is 11.3. The molecule has 5 rings (SSSR count). The fourth-order valence-corrected chi connectivity index (χ4v) is 6.46. The Morgan fingerprint density at radius 2 is 1.79 bits per heavy atom. The molecule has 0 bridgehead atoms. The maximum Gasteiger partial charge on any atom is 0.279 e. The SMILES string of the molecule is COc1cc(Cc2nccc(-c3ccc(OC4CCOCC4)c(C#N)c3)n2)ccc1OCCOCCNS(=O)(=O)N1CCN(C)CC1. The third kappa shape index (κ3) is 9.83. The van der Waals surface area contributed by atoms with Gasteiger partial charge in [0.25, 0.3) is 10.2 Å². The Hall–Kier alpha value is -3.84. The van der Waals surface area contributed by atoms with Crippen LogP contribution in [0.2, 0.25) is 0 Å². The molecule has 2 saturated heterocycles. The van der Waals surface area contributed by atoms with Gasteiger partial charge in [0.15, 0.2) is 11.5 Å². The third-order valence-electron chi connectivity index (χ3n) is 7.97. The molecule has 13 nitrogen and oxygen atoms in total. The fraction of sp³-hybridized carbons (Fsp3) is 0.485. The topological polar surface area (TPSA) is 148 Å². The molecular weight excluding hydrogens is 624 g/mol. The minimum atomic E-state index is -3.50. The van der Waals surface area contributed by atoms with Gasteiger partial charge < -0.3 is 28.6 Å². The van der Waals surface area contributed by atoms with Crippen molar-refractivity contribution in [2.75, 3.05) is 79.9 Å². The second kappa shape index (κ2) is 16.8. The molecule has 0 spiro atoms. The first-order valence-electron chi connectivity index (χ1n) is 15.8. The second-order valence-corrected chi connectivity index (χ2v) is 13.1. The lowest BCUT2D eigenvalue weighted by Gasteiger charge is -2.31. The number of piperazine rings is 1. The number of nitriles is 1. The molecule has 3 aromatic rings. The van der Waals surface area contributed by atoms with Gasteiger partial charge in [0.05, 0.1) is 44.8 Å². The van der Waals surface area contributed by atoms with Gasteiger partial charge in [-0.05, 0) is 49.0 Å². The molecule has 1 aromatic heterocycles. The van der Waals surface area contributed by atoms with E-state index in [1.54, 1.807) is 19.4 Å². The van der Waals surface area contributed by atoms with Crippen LogP contribution in [0.25, 0.3) is 11.3 Å². The largest absolute Gasteiger partial charge is 0.493 e. The number of hydrogen-bond donors (Lipinski definition) is 1. The number of nitrogens with zero attached hydrogens (tertiary/aromatic N) is 5. The van der Waals surface area contributed by atoms with E-state index in [4.69, 9.17) is 28.7 Å². The number of methoxy groups -OCH3 is 1. The Bertz CT molecular complexity index is 1620. The maximum atomic E-state index is 12.4. The van der Waals surface area contributed by atoms with Gasteiger partial charge in [-0.1, -0.05) is 6.07 Å². The molecule has 2 fully saturated rings. The van der Waals surface area contributed by atoms with Gasteiger partial charge >= 0.3 is 0 Å². The number of nitrogens with one attached hydrogen (secondary N) is 1. The van der Waals surface area contributed by atoms with Crippen LogP contribution in [-0.4, -0.2) is 114 Å². The minimum Gasteiger partial charge on any atom is -0.493 e. The van der Waals surface area contributed by atoms with E-state index in [9.17, 15) is 13.7 Å². The lowest BCUT2D eigenvalue weighted by atomic mass is 10.1. The normalized spacial score (nSPS) is 16.4. The van der Waals surface area contributed by atoms with E-state index in [-0.39, 0.29) is 32.5 Å². The van der Waals surface area contributed by atoms with Crippen molar-refractivity contribution < 1.29 is 32.1 Å². The molecule has 47 heavy (non-hydrogen) atoms. The molecule has 252 valence electrons. The van der Waals surface area contributed by atoms with E-state index in [1.165, 1.54) is 4.31 Å². The number of rotatable bonds is 15. The van der Waals surface area contributed by atoms with Crippen molar-refractivity contribution in [3.63, 3.8) is 0 Å². The zero-order chi connectivity index (χ0) is 33.1. The molecule has 0 radical (unpaired) electrons. The zero-order valence-corrected chi connectivity index (χ0v) is 27.7. The van der Waals surface area contributed by atoms with Crippen molar-refractivity contribution >= 4 is 10.2 Å². The van der Waals surface area contributed by atoms with Crippen molar-refractivity contribution in [1.82, 2.24) is 23.9 Å². The summed E-state index contributed by atoms with van der Waals surface area (Å²) in [5.74, 6) is 2.33. The number of likely N-dealkylation sites (N-methyl/N-ethyl adjacent to an activating group) is 1. The zero-order valence-electron chi connectivity index (χ0n) is 26.9. The fourth-order valence-electron chi connectivity index (χ4n) is 5.30. The lowest BCUT2D eigenvalue weighted by molar-refractivity contribution is 0.0254. The molecule has 0 atom stereocenters. The maximum absolute atomic E-state index is 12.4. The Balaban J connectivity index is 1.10. The highest BCUT2D eigenvalue weighted by Gasteiger charge is 2.25. The summed E-state index contributed by atoms with van der Waals surface area (Å²) in [6, 6.07) is 15.3. The lowest BCUT2D eigenvalue weighted by Crippen LogP contribution is -2.51. The van der Waals surface area contributed by atoms with Gasteiger partial charge in [-0.25, -0.2) is 9.97 Å². The van der Waals surface area contributed by atoms with Crippen LogP contribution in [0.1, 0.15) is 29.8 Å². The van der Waals surface area contributed by atoms with Gasteiger partial charge in [-0.3, -0.25) is 0 Å². The molecule has 1 N–H and O–H groups in total. The van der Waals surface area contributed by atoms with Crippen LogP contribution < -0.4 is 18.9 Å². The summed E-state index contributed by atoms with van der Waals surface area (Å²) in [4.78, 5) is 11.3. The average Bonchev–Trinajstić information content (AvgIpc) is 3.09. The summed E-state index contributed by atoms with van der Waals surface area (Å²) in [7, 11) is 0.0523. The van der Waals surface area contributed by atoms with Crippen molar-refractivity contribution in [3.8, 4) is 34.6 Å². The number of ether oxygens (including phenoxy) is 5. The molecule has 2 aromatic carbocycles. The van der Waals surface area contributed by atoms with Crippen LogP contribution in [0, 0.1) is 11.3 Å². The Labute approximate surface area is 276 Å². The molecule has 2 aliphatic rings. The third-order valence-corrected chi connectivity index (χ3v) is 9.59. The average molecular weight is 667 g/mol. The summed E-state index contributed by atoms with van der Waals surface area (Å²) >= 11 is 0. The highest BCUT2D eigenvalue weighted by Crippen LogP contribution is 2.30. The van der Waals surface area contributed by atoms with Crippen LogP contribution in [0.15, 0.2) is 48.7 Å². The van der Waals surface area contributed by atoms with Gasteiger partial charge in [0, 0.05) is 63.7 Å². The van der Waals surface area contributed by atoms with Gasteiger partial charge in [-0.2, -0.15) is 22.7 Å². The molecule has 3 heterocycles. The quantitative estimate of drug-likeness (QED) is 0.239. The van der Waals surface area contributed by atoms with E-state index < -0.39 is 10.2 Å². The predicted molar refractivity (Wildman–Crippen MR) is 175 cm³/mol. The van der Waals surface area contributed by atoms with Crippen LogP contribution in [0.5, 0.6) is 17.2 Å². The number of hydrogen-bond acceptors (Lipinski definition) is 11. The Morgan fingerprint density at radius 3 is 2.55 bits per heavy atom.